The molecule has 0 heterocycles. The first kappa shape index (κ1) is 8.76. The number of rotatable bonds is 2. The van der Waals surface area contributed by atoms with E-state index >= 15 is 0 Å². The molecule has 0 aliphatic heterocycles. The Balaban J connectivity index is 2.32. The lowest BCUT2D eigenvalue weighted by Crippen LogP contribution is -2.19. The first-order chi connectivity index (χ1) is 5.24. The molecule has 1 saturated carbocycles. The summed E-state index contributed by atoms with van der Waals surface area (Å²) in [5, 5.41) is 0. The largest absolute Gasteiger partial charge is 0.300 e. The summed E-state index contributed by atoms with van der Waals surface area (Å²) in [7, 11) is 0. The van der Waals surface area contributed by atoms with Crippen LogP contribution in [0.15, 0.2) is 0 Å². The third-order valence-corrected chi connectivity index (χ3v) is 3.04. The summed E-state index contributed by atoms with van der Waals surface area (Å²) in [5.41, 5.74) is 0. The number of carbonyl (C=O) groups excluding carboxylic acids is 1. The van der Waals surface area contributed by atoms with Gasteiger partial charge >= 0.3 is 0 Å². The van der Waals surface area contributed by atoms with Gasteiger partial charge in [-0.05, 0) is 24.7 Å². The fourth-order valence-electron chi connectivity index (χ4n) is 1.86. The summed E-state index contributed by atoms with van der Waals surface area (Å²) in [6.45, 7) is 4.54. The third kappa shape index (κ3) is 2.32. The van der Waals surface area contributed by atoms with Gasteiger partial charge in [0.1, 0.15) is 5.78 Å². The molecule has 0 aromatic heterocycles. The van der Waals surface area contributed by atoms with Gasteiger partial charge < -0.3 is 0 Å². The number of hydrogen-bond donors (Lipinski definition) is 0. The number of ketones is 1. The van der Waals surface area contributed by atoms with Gasteiger partial charge in [-0.15, -0.1) is 0 Å². The fraction of sp³-hybridized carbons (Fsp3) is 0.900. The zero-order chi connectivity index (χ0) is 8.27. The van der Waals surface area contributed by atoms with Gasteiger partial charge in [-0.3, -0.25) is 4.79 Å². The van der Waals surface area contributed by atoms with Crippen LogP contribution in [0.5, 0.6) is 0 Å². The first-order valence-electron chi connectivity index (χ1n) is 4.75. The van der Waals surface area contributed by atoms with Crippen LogP contribution in [0, 0.1) is 11.8 Å². The second kappa shape index (κ2) is 3.89. The zero-order valence-corrected chi connectivity index (χ0v) is 7.60. The molecule has 0 aromatic rings. The summed E-state index contributed by atoms with van der Waals surface area (Å²) < 4.78 is 0. The molecule has 0 N–H and O–H groups in total. The van der Waals surface area contributed by atoms with Gasteiger partial charge in [-0.1, -0.05) is 20.3 Å². The highest BCUT2D eigenvalue weighted by molar-refractivity contribution is 5.79. The molecule has 1 heteroatoms. The lowest BCUT2D eigenvalue weighted by molar-refractivity contribution is -0.121. The molecule has 1 aliphatic carbocycles. The van der Waals surface area contributed by atoms with Crippen molar-refractivity contribution < 1.29 is 4.79 Å². The normalized spacial score (nSPS) is 23.6. The molecule has 1 rings (SSSR count). The van der Waals surface area contributed by atoms with Gasteiger partial charge in [0, 0.05) is 12.8 Å². The van der Waals surface area contributed by atoms with Crippen LogP contribution >= 0.6 is 0 Å². The van der Waals surface area contributed by atoms with E-state index in [0.29, 0.717) is 5.78 Å². The predicted molar refractivity (Wildman–Crippen MR) is 46.4 cm³/mol. The minimum atomic E-state index is 0.476. The maximum absolute atomic E-state index is 10.9. The summed E-state index contributed by atoms with van der Waals surface area (Å²) in [4.78, 5) is 10.9. The average molecular weight is 154 g/mol. The molecule has 1 unspecified atom stereocenters. The standard InChI is InChI=1S/C10H18O/c1-3-8(2)9-4-6-10(11)7-5-9/h8-9H,3-7H2,1-2H3. The van der Waals surface area contributed by atoms with Crippen LogP contribution in [0.4, 0.5) is 0 Å². The maximum Gasteiger partial charge on any atom is 0.132 e. The van der Waals surface area contributed by atoms with E-state index < -0.39 is 0 Å². The molecule has 1 aliphatic rings. The van der Waals surface area contributed by atoms with E-state index in [0.717, 1.165) is 37.5 Å². The van der Waals surface area contributed by atoms with E-state index in [-0.39, 0.29) is 0 Å². The molecule has 0 bridgehead atoms. The molecule has 1 nitrogen and oxygen atoms in total. The minimum Gasteiger partial charge on any atom is -0.300 e. The Kier molecular flexibility index (Phi) is 3.10. The molecule has 0 saturated heterocycles. The lowest BCUT2D eigenvalue weighted by atomic mass is 9.79. The second-order valence-electron chi connectivity index (χ2n) is 3.76. The highest BCUT2D eigenvalue weighted by Crippen LogP contribution is 2.29. The quantitative estimate of drug-likeness (QED) is 0.597. The molecule has 0 aromatic carbocycles. The SMILES string of the molecule is CCC(C)C1CCC(=O)CC1. The average Bonchev–Trinajstić information content (AvgIpc) is 2.05. The van der Waals surface area contributed by atoms with Crippen LogP contribution in [0.1, 0.15) is 46.0 Å². The van der Waals surface area contributed by atoms with E-state index in [4.69, 9.17) is 0 Å². The number of carbonyl (C=O) groups is 1. The van der Waals surface area contributed by atoms with Gasteiger partial charge in [-0.2, -0.15) is 0 Å². The van der Waals surface area contributed by atoms with Crippen LogP contribution in [-0.4, -0.2) is 5.78 Å². The minimum absolute atomic E-state index is 0.476. The molecule has 1 fully saturated rings. The summed E-state index contributed by atoms with van der Waals surface area (Å²) in [6.07, 6.45) is 5.24. The smallest absolute Gasteiger partial charge is 0.132 e. The van der Waals surface area contributed by atoms with Crippen LogP contribution in [0.3, 0.4) is 0 Å². The Labute approximate surface area is 69.2 Å². The monoisotopic (exact) mass is 154 g/mol. The van der Waals surface area contributed by atoms with Crippen LogP contribution in [0.2, 0.25) is 0 Å². The van der Waals surface area contributed by atoms with Crippen LogP contribution in [-0.2, 0) is 4.79 Å². The highest BCUT2D eigenvalue weighted by atomic mass is 16.1. The van der Waals surface area contributed by atoms with E-state index in [2.05, 4.69) is 13.8 Å². The Bertz CT molecular complexity index is 130. The first-order valence-corrected chi connectivity index (χ1v) is 4.75. The topological polar surface area (TPSA) is 17.1 Å². The van der Waals surface area contributed by atoms with Crippen molar-refractivity contribution in [2.45, 2.75) is 46.0 Å². The van der Waals surface area contributed by atoms with Gasteiger partial charge in [0.05, 0.1) is 0 Å². The number of hydrogen-bond acceptors (Lipinski definition) is 1. The lowest BCUT2D eigenvalue weighted by Gasteiger charge is -2.25. The molecule has 0 spiro atoms. The van der Waals surface area contributed by atoms with Gasteiger partial charge in [0.2, 0.25) is 0 Å². The Morgan fingerprint density at radius 2 is 2.00 bits per heavy atom. The predicted octanol–water partition coefficient (Wildman–Crippen LogP) is 2.79. The summed E-state index contributed by atoms with van der Waals surface area (Å²) in [5.74, 6) is 2.13. The van der Waals surface area contributed by atoms with Crippen molar-refractivity contribution in [3.63, 3.8) is 0 Å². The Morgan fingerprint density at radius 3 is 2.45 bits per heavy atom. The third-order valence-electron chi connectivity index (χ3n) is 3.04. The Hall–Kier alpha value is -0.330. The fourth-order valence-corrected chi connectivity index (χ4v) is 1.86. The van der Waals surface area contributed by atoms with Gasteiger partial charge in [0.15, 0.2) is 0 Å². The van der Waals surface area contributed by atoms with Gasteiger partial charge in [0.25, 0.3) is 0 Å². The Morgan fingerprint density at radius 1 is 1.45 bits per heavy atom. The van der Waals surface area contributed by atoms with E-state index in [1.165, 1.54) is 6.42 Å². The highest BCUT2D eigenvalue weighted by Gasteiger charge is 2.22. The van der Waals surface area contributed by atoms with E-state index in [1.54, 1.807) is 0 Å². The number of Topliss-reactive ketones (excluding diaryl/α,β-unsaturated/α-hetero) is 1. The molecule has 0 amide bonds. The summed E-state index contributed by atoms with van der Waals surface area (Å²) in [6, 6.07) is 0. The molecule has 0 radical (unpaired) electrons. The molecule has 64 valence electrons. The van der Waals surface area contributed by atoms with Gasteiger partial charge in [-0.25, -0.2) is 0 Å². The molecular weight excluding hydrogens is 136 g/mol. The van der Waals surface area contributed by atoms with Crippen molar-refractivity contribution in [1.29, 1.82) is 0 Å². The van der Waals surface area contributed by atoms with Crippen molar-refractivity contribution in [3.05, 3.63) is 0 Å². The maximum atomic E-state index is 10.9. The molecule has 1 atom stereocenters. The zero-order valence-electron chi connectivity index (χ0n) is 7.60. The second-order valence-corrected chi connectivity index (χ2v) is 3.76. The molecule has 11 heavy (non-hydrogen) atoms. The van der Waals surface area contributed by atoms with Crippen molar-refractivity contribution >= 4 is 5.78 Å². The van der Waals surface area contributed by atoms with Crippen molar-refractivity contribution in [1.82, 2.24) is 0 Å². The van der Waals surface area contributed by atoms with Crippen molar-refractivity contribution in [3.8, 4) is 0 Å². The molecular formula is C10H18O. The van der Waals surface area contributed by atoms with Crippen molar-refractivity contribution in [2.24, 2.45) is 11.8 Å². The van der Waals surface area contributed by atoms with E-state index in [9.17, 15) is 4.79 Å². The summed E-state index contributed by atoms with van der Waals surface area (Å²) >= 11 is 0. The van der Waals surface area contributed by atoms with Crippen LogP contribution in [0.25, 0.3) is 0 Å². The van der Waals surface area contributed by atoms with Crippen LogP contribution < -0.4 is 0 Å². The van der Waals surface area contributed by atoms with E-state index in [1.807, 2.05) is 0 Å². The van der Waals surface area contributed by atoms with Crippen molar-refractivity contribution in [2.75, 3.05) is 0 Å².